The van der Waals surface area contributed by atoms with E-state index in [0.717, 1.165) is 13.0 Å². The number of pyridine rings is 1. The summed E-state index contributed by atoms with van der Waals surface area (Å²) in [6.45, 7) is 1.14. The van der Waals surface area contributed by atoms with Crippen molar-refractivity contribution in [2.24, 2.45) is 5.73 Å². The predicted molar refractivity (Wildman–Crippen MR) is 54.6 cm³/mol. The van der Waals surface area contributed by atoms with Crippen molar-refractivity contribution < 1.29 is 4.79 Å². The van der Waals surface area contributed by atoms with Crippen molar-refractivity contribution in [2.75, 3.05) is 20.1 Å². The van der Waals surface area contributed by atoms with Gasteiger partial charge in [0.15, 0.2) is 0 Å². The van der Waals surface area contributed by atoms with Crippen LogP contribution in [0, 0.1) is 0 Å². The Hall–Kier alpha value is -1.42. The minimum atomic E-state index is -0.290. The maximum absolute atomic E-state index is 10.6. The highest BCUT2D eigenvalue weighted by molar-refractivity contribution is 5.75. The third-order valence-corrected chi connectivity index (χ3v) is 1.96. The SMILES string of the molecule is CN(CCc1ccncc1)CC(N)=O. The molecule has 0 aromatic carbocycles. The molecule has 0 saturated carbocycles. The lowest BCUT2D eigenvalue weighted by molar-refractivity contribution is -0.118. The highest BCUT2D eigenvalue weighted by Crippen LogP contribution is 1.98. The molecule has 76 valence electrons. The Morgan fingerprint density at radius 2 is 2.14 bits per heavy atom. The summed E-state index contributed by atoms with van der Waals surface area (Å²) in [6.07, 6.45) is 4.44. The third kappa shape index (κ3) is 4.00. The van der Waals surface area contributed by atoms with Crippen molar-refractivity contribution in [2.45, 2.75) is 6.42 Å². The topological polar surface area (TPSA) is 59.2 Å². The zero-order valence-corrected chi connectivity index (χ0v) is 8.31. The van der Waals surface area contributed by atoms with E-state index in [2.05, 4.69) is 4.98 Å². The maximum atomic E-state index is 10.6. The van der Waals surface area contributed by atoms with Crippen LogP contribution in [0.15, 0.2) is 24.5 Å². The first kappa shape index (κ1) is 10.7. The van der Waals surface area contributed by atoms with Crippen LogP contribution in [0.3, 0.4) is 0 Å². The lowest BCUT2D eigenvalue weighted by Crippen LogP contribution is -2.32. The first-order valence-electron chi connectivity index (χ1n) is 4.54. The molecular formula is C10H15N3O. The molecular weight excluding hydrogens is 178 g/mol. The van der Waals surface area contributed by atoms with E-state index < -0.39 is 0 Å². The lowest BCUT2D eigenvalue weighted by atomic mass is 10.2. The first-order valence-corrected chi connectivity index (χ1v) is 4.54. The van der Waals surface area contributed by atoms with Gasteiger partial charge in [0.05, 0.1) is 6.54 Å². The average Bonchev–Trinajstić information content (AvgIpc) is 2.15. The Bertz CT molecular complexity index is 287. The Balaban J connectivity index is 2.30. The molecule has 0 unspecified atom stereocenters. The van der Waals surface area contributed by atoms with Crippen LogP contribution in [0.1, 0.15) is 5.56 Å². The first-order chi connectivity index (χ1) is 6.68. The summed E-state index contributed by atoms with van der Waals surface area (Å²) in [7, 11) is 1.88. The summed E-state index contributed by atoms with van der Waals surface area (Å²) >= 11 is 0. The largest absolute Gasteiger partial charge is 0.369 e. The molecule has 1 aromatic heterocycles. The highest BCUT2D eigenvalue weighted by atomic mass is 16.1. The van der Waals surface area contributed by atoms with Crippen LogP contribution in [-0.2, 0) is 11.2 Å². The van der Waals surface area contributed by atoms with Gasteiger partial charge in [0.1, 0.15) is 0 Å². The van der Waals surface area contributed by atoms with Crippen LogP contribution in [0.5, 0.6) is 0 Å². The number of primary amides is 1. The van der Waals surface area contributed by atoms with E-state index in [0.29, 0.717) is 6.54 Å². The standard InChI is InChI=1S/C10H15N3O/c1-13(8-10(11)14)7-4-9-2-5-12-6-3-9/h2-3,5-6H,4,7-8H2,1H3,(H2,11,14). The molecule has 2 N–H and O–H groups in total. The summed E-state index contributed by atoms with van der Waals surface area (Å²) in [5, 5.41) is 0. The Labute approximate surface area is 83.7 Å². The van der Waals surface area contributed by atoms with Crippen LogP contribution in [0.25, 0.3) is 0 Å². The van der Waals surface area contributed by atoms with Gasteiger partial charge in [-0.15, -0.1) is 0 Å². The zero-order chi connectivity index (χ0) is 10.4. The summed E-state index contributed by atoms with van der Waals surface area (Å²) < 4.78 is 0. The zero-order valence-electron chi connectivity index (χ0n) is 8.31. The molecule has 0 saturated heterocycles. The number of amides is 1. The Morgan fingerprint density at radius 3 is 2.71 bits per heavy atom. The van der Waals surface area contributed by atoms with Crippen LogP contribution in [-0.4, -0.2) is 35.9 Å². The van der Waals surface area contributed by atoms with E-state index in [4.69, 9.17) is 5.73 Å². The second-order valence-electron chi connectivity index (χ2n) is 3.31. The monoisotopic (exact) mass is 193 g/mol. The van der Waals surface area contributed by atoms with Crippen molar-refractivity contribution in [1.29, 1.82) is 0 Å². The van der Waals surface area contributed by atoms with Gasteiger partial charge in [-0.3, -0.25) is 14.7 Å². The summed E-state index contributed by atoms with van der Waals surface area (Å²) in [4.78, 5) is 16.4. The van der Waals surface area contributed by atoms with Crippen molar-refractivity contribution in [1.82, 2.24) is 9.88 Å². The van der Waals surface area contributed by atoms with Crippen LogP contribution < -0.4 is 5.73 Å². The van der Waals surface area contributed by atoms with Gasteiger partial charge < -0.3 is 5.73 Å². The van der Waals surface area contributed by atoms with Gasteiger partial charge in [-0.2, -0.15) is 0 Å². The summed E-state index contributed by atoms with van der Waals surface area (Å²) in [6, 6.07) is 3.94. The van der Waals surface area contributed by atoms with Gasteiger partial charge >= 0.3 is 0 Å². The number of carbonyl (C=O) groups is 1. The fraction of sp³-hybridized carbons (Fsp3) is 0.400. The smallest absolute Gasteiger partial charge is 0.231 e. The van der Waals surface area contributed by atoms with E-state index >= 15 is 0 Å². The number of likely N-dealkylation sites (N-methyl/N-ethyl adjacent to an activating group) is 1. The van der Waals surface area contributed by atoms with Crippen molar-refractivity contribution in [3.8, 4) is 0 Å². The molecule has 1 rings (SSSR count). The molecule has 14 heavy (non-hydrogen) atoms. The molecule has 0 bridgehead atoms. The quantitative estimate of drug-likeness (QED) is 0.718. The van der Waals surface area contributed by atoms with E-state index in [-0.39, 0.29) is 5.91 Å². The fourth-order valence-corrected chi connectivity index (χ4v) is 1.21. The molecule has 0 aliphatic heterocycles. The minimum absolute atomic E-state index is 0.290. The molecule has 0 radical (unpaired) electrons. The van der Waals surface area contributed by atoms with Crippen molar-refractivity contribution in [3.63, 3.8) is 0 Å². The number of rotatable bonds is 5. The number of aromatic nitrogens is 1. The van der Waals surface area contributed by atoms with Crippen molar-refractivity contribution >= 4 is 5.91 Å². The summed E-state index contributed by atoms with van der Waals surface area (Å²) in [5.41, 5.74) is 6.29. The molecule has 0 aliphatic rings. The molecule has 0 aliphatic carbocycles. The predicted octanol–water partition coefficient (Wildman–Crippen LogP) is 0.0412. The van der Waals surface area contributed by atoms with Gasteiger partial charge in [-0.25, -0.2) is 0 Å². The van der Waals surface area contributed by atoms with Crippen molar-refractivity contribution in [3.05, 3.63) is 30.1 Å². The van der Waals surface area contributed by atoms with Gasteiger partial charge in [-0.1, -0.05) is 0 Å². The number of nitrogens with zero attached hydrogens (tertiary/aromatic N) is 2. The molecule has 0 atom stereocenters. The van der Waals surface area contributed by atoms with Crippen LogP contribution >= 0.6 is 0 Å². The van der Waals surface area contributed by atoms with Crippen LogP contribution in [0.4, 0.5) is 0 Å². The maximum Gasteiger partial charge on any atom is 0.231 e. The molecule has 0 fully saturated rings. The third-order valence-electron chi connectivity index (χ3n) is 1.96. The van der Waals surface area contributed by atoms with Gasteiger partial charge in [0.2, 0.25) is 5.91 Å². The van der Waals surface area contributed by atoms with E-state index in [9.17, 15) is 4.79 Å². The number of hydrogen-bond donors (Lipinski definition) is 1. The lowest BCUT2D eigenvalue weighted by Gasteiger charge is -2.13. The molecule has 1 amide bonds. The Morgan fingerprint density at radius 1 is 1.50 bits per heavy atom. The minimum Gasteiger partial charge on any atom is -0.369 e. The molecule has 4 nitrogen and oxygen atoms in total. The fourth-order valence-electron chi connectivity index (χ4n) is 1.21. The van der Waals surface area contributed by atoms with Gasteiger partial charge in [-0.05, 0) is 31.2 Å². The highest BCUT2D eigenvalue weighted by Gasteiger charge is 2.02. The number of carbonyl (C=O) groups excluding carboxylic acids is 1. The van der Waals surface area contributed by atoms with E-state index in [1.165, 1.54) is 5.56 Å². The van der Waals surface area contributed by atoms with E-state index in [1.54, 1.807) is 12.4 Å². The average molecular weight is 193 g/mol. The molecule has 0 spiro atoms. The number of hydrogen-bond acceptors (Lipinski definition) is 3. The second kappa shape index (κ2) is 5.34. The van der Waals surface area contributed by atoms with E-state index in [1.807, 2.05) is 24.1 Å². The second-order valence-corrected chi connectivity index (χ2v) is 3.31. The van der Waals surface area contributed by atoms with Gasteiger partial charge in [0, 0.05) is 18.9 Å². The molecule has 1 heterocycles. The summed E-state index contributed by atoms with van der Waals surface area (Å²) in [5.74, 6) is -0.290. The van der Waals surface area contributed by atoms with Crippen LogP contribution in [0.2, 0.25) is 0 Å². The normalized spacial score (nSPS) is 10.4. The molecule has 4 heteroatoms. The number of nitrogens with two attached hydrogens (primary N) is 1. The molecule has 1 aromatic rings. The van der Waals surface area contributed by atoms with Gasteiger partial charge in [0.25, 0.3) is 0 Å². The Kier molecular flexibility index (Phi) is 4.07.